The van der Waals surface area contributed by atoms with Gasteiger partial charge in [0.2, 0.25) is 0 Å². The van der Waals surface area contributed by atoms with Crippen molar-refractivity contribution in [3.63, 3.8) is 0 Å². The third-order valence-corrected chi connectivity index (χ3v) is 15.2. The molecule has 10 rings (SSSR count). The monoisotopic (exact) mass is 998 g/mol. The first-order valence-electron chi connectivity index (χ1n) is 26.1. The van der Waals surface area contributed by atoms with Gasteiger partial charge in [-0.15, -0.1) is 0 Å². The minimum Gasteiger partial charge on any atom is -0.395 e. The maximum Gasteiger partial charge on any atom is 0.584 e. The predicted octanol–water partition coefficient (Wildman–Crippen LogP) is 18.2. The van der Waals surface area contributed by atoms with Crippen LogP contribution in [0.5, 0.6) is 11.5 Å². The number of hydrogen-bond donors (Lipinski definition) is 1. The first-order valence-corrected chi connectivity index (χ1v) is 27.6. The topological polar surface area (TPSA) is 55.8 Å². The maximum atomic E-state index is 16.3. The van der Waals surface area contributed by atoms with Crippen molar-refractivity contribution in [2.24, 2.45) is 0 Å². The lowest BCUT2D eigenvalue weighted by atomic mass is 9.78. The maximum absolute atomic E-state index is 16.3. The molecule has 0 bridgehead atoms. The van der Waals surface area contributed by atoms with Crippen LogP contribution in [0.1, 0.15) is 141 Å². The average Bonchev–Trinajstić information content (AvgIpc) is 3.45. The van der Waals surface area contributed by atoms with Crippen LogP contribution < -0.4 is 9.05 Å². The van der Waals surface area contributed by atoms with Crippen LogP contribution in [0.25, 0.3) is 0 Å². The minimum absolute atomic E-state index is 0.0959. The Hall–Kier alpha value is -8.01. The summed E-state index contributed by atoms with van der Waals surface area (Å²) in [5.41, 5.74) is 13.3. The highest BCUT2D eigenvalue weighted by Gasteiger charge is 2.38. The number of phosphoric ester groups is 1. The Morgan fingerprint density at radius 1 is 0.280 bits per heavy atom. The van der Waals surface area contributed by atoms with Crippen LogP contribution in [0.4, 0.5) is 0 Å². The summed E-state index contributed by atoms with van der Waals surface area (Å²) in [5.74, 6) is -0.805. The average molecular weight is 999 g/mol. The Bertz CT molecular complexity index is 2870. The van der Waals surface area contributed by atoms with Gasteiger partial charge in [-0.1, -0.05) is 295 Å². The molecule has 1 N–H and O–H groups in total. The van der Waals surface area contributed by atoms with Crippen molar-refractivity contribution in [2.45, 2.75) is 63.2 Å². The largest absolute Gasteiger partial charge is 0.584 e. The third kappa shape index (κ3) is 11.4. The Labute approximate surface area is 443 Å². The van der Waals surface area contributed by atoms with Crippen LogP contribution in [0.2, 0.25) is 0 Å². The molecule has 10 aromatic rings. The van der Waals surface area contributed by atoms with Gasteiger partial charge in [-0.05, 0) is 67.5 Å². The lowest BCUT2D eigenvalue weighted by Crippen LogP contribution is -2.16. The summed E-state index contributed by atoms with van der Waals surface area (Å²) in [6, 6.07) is 91.6. The smallest absolute Gasteiger partial charge is 0.395 e. The molecule has 4 nitrogen and oxygen atoms in total. The van der Waals surface area contributed by atoms with Crippen molar-refractivity contribution in [1.82, 2.24) is 0 Å². The highest BCUT2D eigenvalue weighted by molar-refractivity contribution is 7.48. The number of phosphoric acid groups is 1. The van der Waals surface area contributed by atoms with Gasteiger partial charge in [0.1, 0.15) is 11.5 Å². The van der Waals surface area contributed by atoms with E-state index in [4.69, 9.17) is 9.05 Å². The molecule has 5 heteroatoms. The molecular formula is C70H63O4P. The van der Waals surface area contributed by atoms with E-state index in [1.54, 1.807) is 0 Å². The van der Waals surface area contributed by atoms with E-state index in [1.807, 2.05) is 146 Å². The molecule has 0 aliphatic heterocycles. The van der Waals surface area contributed by atoms with E-state index in [9.17, 15) is 4.89 Å². The van der Waals surface area contributed by atoms with Crippen LogP contribution in [-0.4, -0.2) is 4.89 Å². The fourth-order valence-corrected chi connectivity index (χ4v) is 11.7. The van der Waals surface area contributed by atoms with Crippen molar-refractivity contribution >= 4 is 7.82 Å². The van der Waals surface area contributed by atoms with E-state index in [0.29, 0.717) is 11.5 Å². The Morgan fingerprint density at radius 2 is 0.440 bits per heavy atom. The van der Waals surface area contributed by atoms with Crippen molar-refractivity contribution in [3.05, 3.63) is 345 Å². The van der Waals surface area contributed by atoms with E-state index in [0.717, 1.165) is 77.9 Å². The van der Waals surface area contributed by atoms with Crippen molar-refractivity contribution in [3.8, 4) is 11.5 Å². The van der Waals surface area contributed by atoms with Gasteiger partial charge in [0.15, 0.2) is 0 Å². The molecule has 0 heterocycles. The molecule has 75 heavy (non-hydrogen) atoms. The van der Waals surface area contributed by atoms with Gasteiger partial charge in [0, 0.05) is 45.9 Å². The third-order valence-electron chi connectivity index (χ3n) is 14.4. The van der Waals surface area contributed by atoms with Crippen LogP contribution in [0, 0.1) is 0 Å². The highest BCUT2D eigenvalue weighted by Crippen LogP contribution is 2.56. The molecule has 10 aromatic carbocycles. The lowest BCUT2D eigenvalue weighted by molar-refractivity contribution is 0.286. The van der Waals surface area contributed by atoms with Gasteiger partial charge >= 0.3 is 7.82 Å². The predicted molar refractivity (Wildman–Crippen MR) is 307 cm³/mol. The first kappa shape index (κ1) is 50.5. The molecular weight excluding hydrogens is 936 g/mol. The van der Waals surface area contributed by atoms with Crippen LogP contribution in [0.15, 0.2) is 267 Å². The zero-order valence-corrected chi connectivity index (χ0v) is 43.9. The van der Waals surface area contributed by atoms with Crippen LogP contribution in [0.3, 0.4) is 0 Å². The molecule has 0 radical (unpaired) electrons. The first-order chi connectivity index (χ1) is 36.6. The summed E-state index contributed by atoms with van der Waals surface area (Å²) >= 11 is 0. The van der Waals surface area contributed by atoms with Crippen molar-refractivity contribution in [1.29, 1.82) is 0 Å². The summed E-state index contributed by atoms with van der Waals surface area (Å²) < 4.78 is 30.5. The molecule has 372 valence electrons. The van der Waals surface area contributed by atoms with Gasteiger partial charge in [0.05, 0.1) is 0 Å². The normalized spacial score (nSPS) is 11.8. The van der Waals surface area contributed by atoms with Gasteiger partial charge in [0.25, 0.3) is 0 Å². The molecule has 0 saturated carbocycles. The van der Waals surface area contributed by atoms with E-state index >= 15 is 4.57 Å². The van der Waals surface area contributed by atoms with E-state index in [-0.39, 0.29) is 11.8 Å². The molecule has 0 aliphatic carbocycles. The Balaban J connectivity index is 1.28. The summed E-state index contributed by atoms with van der Waals surface area (Å²) in [6.45, 7) is 8.77. The number of benzene rings is 10. The standard InChI is InChI=1S/C70H63O4P/c1-49(2)59-45-61(65(51-29-13-5-14-30-51)52-31-15-6-16-32-52)69(62(46-59)66(53-33-17-7-18-34-53)54-35-19-8-20-36-54)73-75(71,72)74-70-63(67(55-37-21-9-22-38-55)56-39-23-10-24-40-56)47-60(50(3)4)48-64(70)68(57-41-25-11-26-42-57)58-43-27-12-28-44-58/h5-50,65-68H,1-4H3,(H,71,72). The summed E-state index contributed by atoms with van der Waals surface area (Å²) in [4.78, 5) is 13.3. The van der Waals surface area contributed by atoms with E-state index in [2.05, 4.69) is 149 Å². The van der Waals surface area contributed by atoms with Crippen LogP contribution in [-0.2, 0) is 4.57 Å². The Kier molecular flexibility index (Phi) is 15.5. The number of rotatable bonds is 18. The van der Waals surface area contributed by atoms with Crippen molar-refractivity contribution < 1.29 is 18.5 Å². The molecule has 0 atom stereocenters. The minimum atomic E-state index is -5.21. The SMILES string of the molecule is CC(C)c1cc(C(c2ccccc2)c2ccccc2)c(OP(=O)(O)Oc2c(C(c3ccccc3)c3ccccc3)cc(C(C)C)cc2C(c2ccccc2)c2ccccc2)c(C(c2ccccc2)c2ccccc2)c1. The molecule has 0 unspecified atom stereocenters. The second-order valence-electron chi connectivity index (χ2n) is 20.0. The van der Waals surface area contributed by atoms with Gasteiger partial charge in [-0.2, -0.15) is 0 Å². The zero-order valence-electron chi connectivity index (χ0n) is 43.0. The summed E-state index contributed by atoms with van der Waals surface area (Å²) in [6.07, 6.45) is 0. The van der Waals surface area contributed by atoms with Gasteiger partial charge < -0.3 is 9.05 Å². The lowest BCUT2D eigenvalue weighted by Gasteiger charge is -2.31. The summed E-state index contributed by atoms with van der Waals surface area (Å²) in [7, 11) is -5.21. The fourth-order valence-electron chi connectivity index (χ4n) is 10.8. The highest BCUT2D eigenvalue weighted by atomic mass is 31.2. The quantitative estimate of drug-likeness (QED) is 0.0687. The second kappa shape index (κ2) is 23.0. The molecule has 0 fully saturated rings. The van der Waals surface area contributed by atoms with Crippen LogP contribution >= 0.6 is 7.82 Å². The van der Waals surface area contributed by atoms with Gasteiger partial charge in [-0.3, -0.25) is 4.89 Å². The molecule has 0 aliphatic rings. The number of hydrogen-bond acceptors (Lipinski definition) is 3. The molecule has 0 saturated heterocycles. The van der Waals surface area contributed by atoms with E-state index < -0.39 is 31.5 Å². The Morgan fingerprint density at radius 3 is 0.587 bits per heavy atom. The van der Waals surface area contributed by atoms with Crippen molar-refractivity contribution in [2.75, 3.05) is 0 Å². The second-order valence-corrected chi connectivity index (χ2v) is 21.3. The summed E-state index contributed by atoms with van der Waals surface area (Å²) in [5, 5.41) is 0. The molecule has 0 spiro atoms. The van der Waals surface area contributed by atoms with Gasteiger partial charge in [-0.25, -0.2) is 4.57 Å². The molecule has 0 amide bonds. The molecule has 0 aromatic heterocycles. The zero-order chi connectivity index (χ0) is 51.7. The fraction of sp³-hybridized carbons (Fsp3) is 0.143. The van der Waals surface area contributed by atoms with E-state index in [1.165, 1.54) is 0 Å².